The van der Waals surface area contributed by atoms with E-state index >= 15 is 0 Å². The summed E-state index contributed by atoms with van der Waals surface area (Å²) in [5.74, 6) is 0.221. The van der Waals surface area contributed by atoms with Crippen LogP contribution < -0.4 is 4.74 Å². The Morgan fingerprint density at radius 3 is 2.35 bits per heavy atom. The average Bonchev–Trinajstić information content (AvgIpc) is 2.53. The quantitative estimate of drug-likeness (QED) is 0.382. The molecule has 0 amide bonds. The number of rotatable bonds is 5. The van der Waals surface area contributed by atoms with Crippen LogP contribution >= 0.6 is 11.6 Å². The lowest BCUT2D eigenvalue weighted by atomic mass is 9.85. The number of carbonyl (C=O) groups excluding carboxylic acids is 1. The molecule has 0 fully saturated rings. The van der Waals surface area contributed by atoms with Crippen LogP contribution in [0.15, 0.2) is 42.5 Å². The van der Waals surface area contributed by atoms with E-state index < -0.39 is 5.97 Å². The Morgan fingerprint density at radius 2 is 1.77 bits per heavy atom. The zero-order valence-electron chi connectivity index (χ0n) is 16.0. The van der Waals surface area contributed by atoms with E-state index in [-0.39, 0.29) is 5.41 Å². The number of nitrogens with one attached hydrogen (secondary N) is 1. The fourth-order valence-corrected chi connectivity index (χ4v) is 2.83. The molecule has 2 aromatic rings. The number of benzene rings is 2. The molecule has 2 aromatic carbocycles. The highest BCUT2D eigenvalue weighted by Crippen LogP contribution is 2.30. The highest BCUT2D eigenvalue weighted by atomic mass is 35.5. The van der Waals surface area contributed by atoms with Crippen molar-refractivity contribution in [3.63, 3.8) is 0 Å². The van der Waals surface area contributed by atoms with Gasteiger partial charge >= 0.3 is 5.97 Å². The lowest BCUT2D eigenvalue weighted by Gasteiger charge is -2.22. The van der Waals surface area contributed by atoms with Crippen LogP contribution in [0.25, 0.3) is 0 Å². The zero-order valence-corrected chi connectivity index (χ0v) is 16.8. The second-order valence-corrected chi connectivity index (χ2v) is 8.31. The van der Waals surface area contributed by atoms with Crippen molar-refractivity contribution in [3.05, 3.63) is 64.2 Å². The van der Waals surface area contributed by atoms with E-state index in [2.05, 4.69) is 34.6 Å². The van der Waals surface area contributed by atoms with Crippen molar-refractivity contribution in [1.82, 2.24) is 0 Å². The summed E-state index contributed by atoms with van der Waals surface area (Å²) in [4.78, 5) is 12.5. The summed E-state index contributed by atoms with van der Waals surface area (Å²) in [7, 11) is 0. The summed E-state index contributed by atoms with van der Waals surface area (Å²) in [6.45, 7) is 10.5. The van der Waals surface area contributed by atoms with Gasteiger partial charge in [-0.05, 0) is 47.6 Å². The fourth-order valence-electron chi connectivity index (χ4n) is 2.62. The highest BCUT2D eigenvalue weighted by Gasteiger charge is 2.21. The summed E-state index contributed by atoms with van der Waals surface area (Å²) < 4.78 is 5.62. The minimum Gasteiger partial charge on any atom is -0.422 e. The van der Waals surface area contributed by atoms with Crippen LogP contribution in [0, 0.1) is 11.3 Å². The van der Waals surface area contributed by atoms with Gasteiger partial charge in [-0.2, -0.15) is 0 Å². The number of ether oxygens (including phenoxy) is 1. The molecule has 0 saturated heterocycles. The van der Waals surface area contributed by atoms with Gasteiger partial charge in [0.15, 0.2) is 0 Å². The van der Waals surface area contributed by atoms with Gasteiger partial charge in [-0.25, -0.2) is 4.79 Å². The molecular weight excluding hydrogens is 346 g/mol. The summed E-state index contributed by atoms with van der Waals surface area (Å²) in [5.41, 5.74) is 2.48. The molecule has 1 N–H and O–H groups in total. The first kappa shape index (κ1) is 20.2. The molecule has 2 rings (SSSR count). The van der Waals surface area contributed by atoms with E-state index in [4.69, 9.17) is 21.7 Å². The Bertz CT molecular complexity index is 819. The molecule has 0 radical (unpaired) electrons. The molecule has 0 aliphatic heterocycles. The van der Waals surface area contributed by atoms with E-state index in [1.165, 1.54) is 0 Å². The minimum absolute atomic E-state index is 0.0574. The number of carbonyl (C=O) groups is 1. The van der Waals surface area contributed by atoms with Crippen molar-refractivity contribution in [2.45, 2.75) is 46.5 Å². The van der Waals surface area contributed by atoms with Crippen molar-refractivity contribution < 1.29 is 9.53 Å². The number of hydrogen-bond acceptors (Lipinski definition) is 3. The van der Waals surface area contributed by atoms with Gasteiger partial charge < -0.3 is 10.1 Å². The van der Waals surface area contributed by atoms with Gasteiger partial charge in [-0.15, -0.1) is 0 Å². The molecule has 0 atom stereocenters. The predicted octanol–water partition coefficient (Wildman–Crippen LogP) is 6.27. The lowest BCUT2D eigenvalue weighted by Crippen LogP contribution is -2.16. The third kappa shape index (κ3) is 4.95. The van der Waals surface area contributed by atoms with Crippen molar-refractivity contribution in [3.8, 4) is 5.75 Å². The first-order chi connectivity index (χ1) is 12.1. The second-order valence-electron chi connectivity index (χ2n) is 7.91. The largest absolute Gasteiger partial charge is 0.422 e. The molecule has 4 heteroatoms. The van der Waals surface area contributed by atoms with Crippen molar-refractivity contribution in [2.75, 3.05) is 0 Å². The van der Waals surface area contributed by atoms with Crippen LogP contribution in [-0.2, 0) is 5.41 Å². The van der Waals surface area contributed by atoms with Gasteiger partial charge in [-0.1, -0.05) is 64.4 Å². The number of esters is 1. The molecule has 0 saturated carbocycles. The Kier molecular flexibility index (Phi) is 6.25. The first-order valence-corrected chi connectivity index (χ1v) is 9.16. The van der Waals surface area contributed by atoms with Crippen molar-refractivity contribution >= 4 is 23.3 Å². The van der Waals surface area contributed by atoms with Crippen LogP contribution in [-0.4, -0.2) is 11.7 Å². The standard InChI is InChI=1S/C22H26ClNO2/c1-14(2)12-19(24)17-13-15(22(3,4)5)10-11-20(17)26-21(25)16-8-6-7-9-18(16)23/h6-11,13-14,24H,12H2,1-5H3. The molecule has 0 spiro atoms. The summed E-state index contributed by atoms with van der Waals surface area (Å²) >= 11 is 6.10. The van der Waals surface area contributed by atoms with E-state index in [1.54, 1.807) is 30.3 Å². The topological polar surface area (TPSA) is 50.1 Å². The van der Waals surface area contributed by atoms with Gasteiger partial charge in [0.05, 0.1) is 10.6 Å². The Morgan fingerprint density at radius 1 is 1.12 bits per heavy atom. The average molecular weight is 372 g/mol. The van der Waals surface area contributed by atoms with Gasteiger partial charge in [0.2, 0.25) is 0 Å². The van der Waals surface area contributed by atoms with Gasteiger partial charge in [-0.3, -0.25) is 0 Å². The zero-order chi connectivity index (χ0) is 19.5. The molecule has 0 heterocycles. The van der Waals surface area contributed by atoms with Crippen LogP contribution in [0.4, 0.5) is 0 Å². The fraction of sp³-hybridized carbons (Fsp3) is 0.364. The molecule has 0 aromatic heterocycles. The summed E-state index contributed by atoms with van der Waals surface area (Å²) in [6, 6.07) is 12.5. The van der Waals surface area contributed by atoms with Gasteiger partial charge in [0, 0.05) is 11.3 Å². The van der Waals surface area contributed by atoms with E-state index in [9.17, 15) is 4.79 Å². The molecule has 26 heavy (non-hydrogen) atoms. The van der Waals surface area contributed by atoms with Crippen LogP contribution in [0.5, 0.6) is 5.75 Å². The molecule has 3 nitrogen and oxygen atoms in total. The van der Waals surface area contributed by atoms with Crippen molar-refractivity contribution in [2.24, 2.45) is 5.92 Å². The lowest BCUT2D eigenvalue weighted by molar-refractivity contribution is 0.0734. The third-order valence-corrected chi connectivity index (χ3v) is 4.41. The summed E-state index contributed by atoms with van der Waals surface area (Å²) in [5, 5.41) is 8.83. The normalized spacial score (nSPS) is 11.5. The molecule has 0 aliphatic carbocycles. The maximum atomic E-state index is 12.5. The highest BCUT2D eigenvalue weighted by molar-refractivity contribution is 6.33. The van der Waals surface area contributed by atoms with E-state index in [0.717, 1.165) is 5.56 Å². The molecule has 0 aliphatic rings. The molecule has 0 unspecified atom stereocenters. The predicted molar refractivity (Wildman–Crippen MR) is 108 cm³/mol. The summed E-state index contributed by atoms with van der Waals surface area (Å²) in [6.07, 6.45) is 0.615. The molecule has 0 bridgehead atoms. The Hall–Kier alpha value is -2.13. The minimum atomic E-state index is -0.516. The number of hydrogen-bond donors (Lipinski definition) is 1. The SMILES string of the molecule is CC(C)CC(=N)c1cc(C(C)(C)C)ccc1OC(=O)c1ccccc1Cl. The van der Waals surface area contributed by atoms with Gasteiger partial charge in [0.25, 0.3) is 0 Å². The third-order valence-electron chi connectivity index (χ3n) is 4.08. The van der Waals surface area contributed by atoms with Crippen molar-refractivity contribution in [1.29, 1.82) is 5.41 Å². The molecular formula is C22H26ClNO2. The Labute approximate surface area is 160 Å². The maximum Gasteiger partial charge on any atom is 0.345 e. The van der Waals surface area contributed by atoms with E-state index in [0.29, 0.717) is 39.9 Å². The molecule has 138 valence electrons. The van der Waals surface area contributed by atoms with Crippen LogP contribution in [0.3, 0.4) is 0 Å². The van der Waals surface area contributed by atoms with Crippen LogP contribution in [0.2, 0.25) is 5.02 Å². The monoisotopic (exact) mass is 371 g/mol. The van der Waals surface area contributed by atoms with Crippen LogP contribution in [0.1, 0.15) is 62.5 Å². The maximum absolute atomic E-state index is 12.5. The van der Waals surface area contributed by atoms with E-state index in [1.807, 2.05) is 12.1 Å². The van der Waals surface area contributed by atoms with Gasteiger partial charge in [0.1, 0.15) is 5.75 Å². The smallest absolute Gasteiger partial charge is 0.345 e. The number of halogens is 1. The Balaban J connectivity index is 2.42. The second kappa shape index (κ2) is 8.05. The first-order valence-electron chi connectivity index (χ1n) is 8.78.